The van der Waals surface area contributed by atoms with Gasteiger partial charge in [0.15, 0.2) is 12.4 Å². The lowest BCUT2D eigenvalue weighted by atomic mass is 10.5. The third-order valence-corrected chi connectivity index (χ3v) is 0.865. The maximum Gasteiger partial charge on any atom is 0.261 e. The van der Waals surface area contributed by atoms with E-state index in [1.807, 2.05) is 42.2 Å². The third kappa shape index (κ3) is 11.8. The van der Waals surface area contributed by atoms with E-state index in [0.29, 0.717) is 6.26 Å². The standard InChI is InChI=1S/C6H8N.CH4O3S/c1-7-5-3-2-4-6-7;1-5(2,3)4/h2-6H,1H3;1H3,(H,2,3,4)/q+1;. The van der Waals surface area contributed by atoms with E-state index < -0.39 is 10.1 Å². The van der Waals surface area contributed by atoms with Gasteiger partial charge in [-0.15, -0.1) is 0 Å². The van der Waals surface area contributed by atoms with Crippen molar-refractivity contribution in [1.29, 1.82) is 0 Å². The largest absolute Gasteiger partial charge is 0.286 e. The quantitative estimate of drug-likeness (QED) is 0.463. The van der Waals surface area contributed by atoms with E-state index in [9.17, 15) is 8.42 Å². The van der Waals surface area contributed by atoms with Crippen LogP contribution in [0, 0.1) is 0 Å². The summed E-state index contributed by atoms with van der Waals surface area (Å²) in [4.78, 5) is 0. The average molecular weight is 190 g/mol. The van der Waals surface area contributed by atoms with Gasteiger partial charge in [-0.25, -0.2) is 4.57 Å². The molecule has 0 saturated heterocycles. The van der Waals surface area contributed by atoms with Crippen LogP contribution in [0.15, 0.2) is 30.6 Å². The minimum Gasteiger partial charge on any atom is -0.286 e. The number of aromatic nitrogens is 1. The molecule has 0 atom stereocenters. The second-order valence-corrected chi connectivity index (χ2v) is 3.74. The predicted molar refractivity (Wildman–Crippen MR) is 45.1 cm³/mol. The Kier molecular flexibility index (Phi) is 4.46. The molecule has 1 aromatic rings. The van der Waals surface area contributed by atoms with Crippen LogP contribution in [0.3, 0.4) is 0 Å². The fourth-order valence-electron chi connectivity index (χ4n) is 0.485. The van der Waals surface area contributed by atoms with Gasteiger partial charge in [0.05, 0.1) is 6.26 Å². The van der Waals surface area contributed by atoms with Gasteiger partial charge in [0.2, 0.25) is 0 Å². The molecule has 0 radical (unpaired) electrons. The maximum atomic E-state index is 9.19. The summed E-state index contributed by atoms with van der Waals surface area (Å²) in [6.07, 6.45) is 4.72. The molecule has 0 bridgehead atoms. The Morgan fingerprint density at radius 2 is 1.50 bits per heavy atom. The van der Waals surface area contributed by atoms with Crippen molar-refractivity contribution in [3.05, 3.63) is 30.6 Å². The van der Waals surface area contributed by atoms with Crippen molar-refractivity contribution >= 4 is 10.1 Å². The van der Waals surface area contributed by atoms with E-state index in [-0.39, 0.29) is 0 Å². The van der Waals surface area contributed by atoms with Crippen molar-refractivity contribution in [2.75, 3.05) is 6.26 Å². The molecule has 68 valence electrons. The fourth-order valence-corrected chi connectivity index (χ4v) is 0.485. The summed E-state index contributed by atoms with van der Waals surface area (Å²) in [6, 6.07) is 6.00. The SMILES string of the molecule is CS(=O)(=O)O.C[n+]1ccccc1. The monoisotopic (exact) mass is 190 g/mol. The van der Waals surface area contributed by atoms with E-state index in [0.717, 1.165) is 0 Å². The van der Waals surface area contributed by atoms with Crippen LogP contribution in [0.4, 0.5) is 0 Å². The normalized spacial score (nSPS) is 9.92. The maximum absolute atomic E-state index is 9.19. The number of hydrogen-bond donors (Lipinski definition) is 1. The molecule has 1 rings (SSSR count). The number of nitrogens with zero attached hydrogens (tertiary/aromatic N) is 1. The Hall–Kier alpha value is -0.940. The van der Waals surface area contributed by atoms with Crippen LogP contribution in [0.25, 0.3) is 0 Å². The smallest absolute Gasteiger partial charge is 0.261 e. The zero-order chi connectivity index (χ0) is 9.61. The van der Waals surface area contributed by atoms with Crippen molar-refractivity contribution < 1.29 is 17.5 Å². The minimum atomic E-state index is -3.67. The van der Waals surface area contributed by atoms with Crippen LogP contribution >= 0.6 is 0 Å². The van der Waals surface area contributed by atoms with Gasteiger partial charge in [-0.1, -0.05) is 6.07 Å². The van der Waals surface area contributed by atoms with E-state index >= 15 is 0 Å². The molecule has 0 spiro atoms. The minimum absolute atomic E-state index is 0.715. The van der Waals surface area contributed by atoms with Crippen molar-refractivity contribution in [3.63, 3.8) is 0 Å². The van der Waals surface area contributed by atoms with Crippen molar-refractivity contribution in [2.24, 2.45) is 7.05 Å². The Morgan fingerprint density at radius 3 is 1.67 bits per heavy atom. The first-order chi connectivity index (χ1) is 5.39. The van der Waals surface area contributed by atoms with Crippen molar-refractivity contribution in [3.8, 4) is 0 Å². The molecule has 1 N–H and O–H groups in total. The highest BCUT2D eigenvalue weighted by Crippen LogP contribution is 1.71. The molecule has 4 nitrogen and oxygen atoms in total. The van der Waals surface area contributed by atoms with Crippen LogP contribution in [0.2, 0.25) is 0 Å². The molecule has 0 fully saturated rings. The predicted octanol–water partition coefficient (Wildman–Crippen LogP) is 0.0151. The van der Waals surface area contributed by atoms with Gasteiger partial charge in [-0.3, -0.25) is 4.55 Å². The molecule has 0 unspecified atom stereocenters. The van der Waals surface area contributed by atoms with Gasteiger partial charge in [-0.05, 0) is 0 Å². The summed E-state index contributed by atoms with van der Waals surface area (Å²) < 4.78 is 27.9. The number of rotatable bonds is 0. The molecular weight excluding hydrogens is 178 g/mol. The number of hydrogen-bond acceptors (Lipinski definition) is 2. The van der Waals surface area contributed by atoms with Gasteiger partial charge in [0.1, 0.15) is 7.05 Å². The van der Waals surface area contributed by atoms with Gasteiger partial charge in [0.25, 0.3) is 10.1 Å². The molecule has 5 heteroatoms. The highest BCUT2D eigenvalue weighted by molar-refractivity contribution is 7.85. The topological polar surface area (TPSA) is 58.3 Å². The molecule has 12 heavy (non-hydrogen) atoms. The molecule has 0 aliphatic heterocycles. The Labute approximate surface area is 72.2 Å². The Balaban J connectivity index is 0.000000217. The second kappa shape index (κ2) is 4.84. The van der Waals surface area contributed by atoms with Crippen LogP contribution in [0.1, 0.15) is 0 Å². The molecule has 0 amide bonds. The van der Waals surface area contributed by atoms with E-state index in [4.69, 9.17) is 4.55 Å². The first-order valence-electron chi connectivity index (χ1n) is 3.22. The van der Waals surface area contributed by atoms with Crippen LogP contribution in [0.5, 0.6) is 0 Å². The van der Waals surface area contributed by atoms with E-state index in [2.05, 4.69) is 0 Å². The van der Waals surface area contributed by atoms with Gasteiger partial charge < -0.3 is 0 Å². The first-order valence-corrected chi connectivity index (χ1v) is 5.07. The molecule has 0 saturated carbocycles. The molecule has 0 aromatic carbocycles. The molecule has 0 aliphatic carbocycles. The van der Waals surface area contributed by atoms with Crippen LogP contribution in [-0.2, 0) is 17.2 Å². The number of aryl methyl sites for hydroxylation is 1. The lowest BCUT2D eigenvalue weighted by Crippen LogP contribution is -2.25. The molecule has 0 aliphatic rings. The zero-order valence-corrected chi connectivity index (χ0v) is 7.82. The summed E-state index contributed by atoms with van der Waals surface area (Å²) in [5.41, 5.74) is 0. The number of pyridine rings is 1. The summed E-state index contributed by atoms with van der Waals surface area (Å²) in [5, 5.41) is 0. The Bertz CT molecular complexity index is 299. The Morgan fingerprint density at radius 1 is 1.17 bits per heavy atom. The lowest BCUT2D eigenvalue weighted by molar-refractivity contribution is -0.671. The average Bonchev–Trinajstić information content (AvgIpc) is 1.85. The van der Waals surface area contributed by atoms with Crippen LogP contribution in [-0.4, -0.2) is 19.2 Å². The molecule has 1 heterocycles. The second-order valence-electron chi connectivity index (χ2n) is 2.27. The van der Waals surface area contributed by atoms with Gasteiger partial charge >= 0.3 is 0 Å². The fraction of sp³-hybridized carbons (Fsp3) is 0.286. The van der Waals surface area contributed by atoms with E-state index in [1.54, 1.807) is 0 Å². The van der Waals surface area contributed by atoms with Gasteiger partial charge in [-0.2, -0.15) is 8.42 Å². The highest BCUT2D eigenvalue weighted by atomic mass is 32.2. The summed E-state index contributed by atoms with van der Waals surface area (Å²) in [5.74, 6) is 0. The van der Waals surface area contributed by atoms with E-state index in [1.165, 1.54) is 0 Å². The zero-order valence-electron chi connectivity index (χ0n) is 7.01. The van der Waals surface area contributed by atoms with Gasteiger partial charge in [0, 0.05) is 12.1 Å². The van der Waals surface area contributed by atoms with Crippen LogP contribution < -0.4 is 4.57 Å². The lowest BCUT2D eigenvalue weighted by Gasteiger charge is -1.77. The first kappa shape index (κ1) is 11.1. The highest BCUT2D eigenvalue weighted by Gasteiger charge is 1.81. The van der Waals surface area contributed by atoms with Crippen molar-refractivity contribution in [1.82, 2.24) is 0 Å². The third-order valence-electron chi connectivity index (χ3n) is 0.865. The van der Waals surface area contributed by atoms with Crippen molar-refractivity contribution in [2.45, 2.75) is 0 Å². The summed E-state index contributed by atoms with van der Waals surface area (Å²) in [7, 11) is -1.67. The molecular formula is C7H12NO3S+. The summed E-state index contributed by atoms with van der Waals surface area (Å²) >= 11 is 0. The summed E-state index contributed by atoms with van der Waals surface area (Å²) in [6.45, 7) is 0. The molecule has 1 aromatic heterocycles.